The number of benzene rings is 1. The maximum atomic E-state index is 13.2. The lowest BCUT2D eigenvalue weighted by Crippen LogP contribution is -2.14. The highest BCUT2D eigenvalue weighted by Gasteiger charge is 2.22. The minimum Gasteiger partial charge on any atom is -0.288 e. The average molecular weight is 437 g/mol. The number of fused-ring (bicyclic) bond motifs is 1. The van der Waals surface area contributed by atoms with Gasteiger partial charge in [-0.05, 0) is 23.8 Å². The summed E-state index contributed by atoms with van der Waals surface area (Å²) in [5, 5.41) is 10.1. The molecule has 1 N–H and O–H groups in total. The molecule has 0 aliphatic rings. The molecule has 0 saturated carbocycles. The third kappa shape index (κ3) is 4.34. The molecule has 13 heteroatoms. The number of hydrogen-bond donors (Lipinski definition) is 1. The first-order valence-electron chi connectivity index (χ1n) is 8.72. The summed E-state index contributed by atoms with van der Waals surface area (Å²) in [6.07, 6.45) is -4.85. The van der Waals surface area contributed by atoms with Gasteiger partial charge in [-0.1, -0.05) is 12.1 Å². The van der Waals surface area contributed by atoms with Gasteiger partial charge in [-0.2, -0.15) is 5.10 Å². The summed E-state index contributed by atoms with van der Waals surface area (Å²) in [5.74, 6) is -1.32. The number of rotatable bonds is 6. The van der Waals surface area contributed by atoms with Crippen LogP contribution < -0.4 is 5.32 Å². The van der Waals surface area contributed by atoms with Crippen LogP contribution in [-0.2, 0) is 6.54 Å². The molecule has 160 valence electrons. The number of amides is 1. The Morgan fingerprint density at radius 2 is 1.77 bits per heavy atom. The van der Waals surface area contributed by atoms with Crippen molar-refractivity contribution in [2.75, 3.05) is 5.32 Å². The van der Waals surface area contributed by atoms with Crippen LogP contribution in [0.25, 0.3) is 5.65 Å². The van der Waals surface area contributed by atoms with Crippen molar-refractivity contribution < 1.29 is 26.7 Å². The van der Waals surface area contributed by atoms with E-state index in [1.54, 1.807) is 12.1 Å². The lowest BCUT2D eigenvalue weighted by Gasteiger charge is -2.06. The van der Waals surface area contributed by atoms with Gasteiger partial charge in [-0.25, -0.2) is 41.1 Å². The van der Waals surface area contributed by atoms with Gasteiger partial charge in [0.05, 0.1) is 6.54 Å². The molecular formula is C18H12F5N7O. The zero-order chi connectivity index (χ0) is 22.1. The number of carbonyl (C=O) groups excluding carboxylic acids is 1. The SMILES string of the molecule is O=C(Nc1ncn(Cc2ccc(F)cc2)n1)c1cc2nc(C(F)F)cc(C(F)F)n2n1. The quantitative estimate of drug-likeness (QED) is 0.466. The van der Waals surface area contributed by atoms with E-state index in [4.69, 9.17) is 0 Å². The Morgan fingerprint density at radius 3 is 2.45 bits per heavy atom. The number of aromatic nitrogens is 6. The number of carbonyl (C=O) groups is 1. The molecule has 0 radical (unpaired) electrons. The number of anilines is 1. The molecule has 0 atom stereocenters. The summed E-state index contributed by atoms with van der Waals surface area (Å²) < 4.78 is 67.3. The molecule has 0 bridgehead atoms. The van der Waals surface area contributed by atoms with Crippen molar-refractivity contribution in [2.45, 2.75) is 19.4 Å². The van der Waals surface area contributed by atoms with Crippen LogP contribution in [0.1, 0.15) is 40.3 Å². The maximum Gasteiger partial charge on any atom is 0.280 e. The molecule has 3 heterocycles. The van der Waals surface area contributed by atoms with Crippen molar-refractivity contribution in [3.05, 3.63) is 71.2 Å². The van der Waals surface area contributed by atoms with E-state index in [1.807, 2.05) is 0 Å². The van der Waals surface area contributed by atoms with Crippen molar-refractivity contribution in [2.24, 2.45) is 0 Å². The highest BCUT2D eigenvalue weighted by molar-refractivity contribution is 6.02. The predicted molar refractivity (Wildman–Crippen MR) is 96.4 cm³/mol. The van der Waals surface area contributed by atoms with Gasteiger partial charge < -0.3 is 0 Å². The summed E-state index contributed by atoms with van der Waals surface area (Å²) >= 11 is 0. The van der Waals surface area contributed by atoms with Crippen LogP contribution in [-0.4, -0.2) is 35.3 Å². The topological polar surface area (TPSA) is 90.0 Å². The molecule has 4 rings (SSSR count). The molecule has 3 aromatic heterocycles. The Morgan fingerprint density at radius 1 is 1.03 bits per heavy atom. The van der Waals surface area contributed by atoms with Crippen molar-refractivity contribution in [3.63, 3.8) is 0 Å². The van der Waals surface area contributed by atoms with Crippen molar-refractivity contribution in [1.82, 2.24) is 29.4 Å². The van der Waals surface area contributed by atoms with Gasteiger partial charge in [-0.15, -0.1) is 5.10 Å². The molecule has 0 aliphatic carbocycles. The summed E-state index contributed by atoms with van der Waals surface area (Å²) in [6.45, 7) is 0.260. The smallest absolute Gasteiger partial charge is 0.280 e. The highest BCUT2D eigenvalue weighted by Crippen LogP contribution is 2.25. The molecule has 0 unspecified atom stereocenters. The van der Waals surface area contributed by atoms with Gasteiger partial charge in [0, 0.05) is 6.07 Å². The van der Waals surface area contributed by atoms with Gasteiger partial charge in [0.1, 0.15) is 23.5 Å². The van der Waals surface area contributed by atoms with Gasteiger partial charge in [0.25, 0.3) is 18.8 Å². The summed E-state index contributed by atoms with van der Waals surface area (Å²) in [6, 6.07) is 7.25. The van der Waals surface area contributed by atoms with Crippen LogP contribution in [0.15, 0.2) is 42.7 Å². The second-order valence-corrected chi connectivity index (χ2v) is 6.35. The summed E-state index contributed by atoms with van der Waals surface area (Å²) in [5.41, 5.74) is -1.59. The Labute approximate surface area is 170 Å². The zero-order valence-electron chi connectivity index (χ0n) is 15.4. The minimum absolute atomic E-state index is 0.0977. The van der Waals surface area contributed by atoms with Crippen LogP contribution in [0.2, 0.25) is 0 Å². The predicted octanol–water partition coefficient (Wildman–Crippen LogP) is 3.64. The van der Waals surface area contributed by atoms with Gasteiger partial charge in [0.15, 0.2) is 11.3 Å². The molecule has 31 heavy (non-hydrogen) atoms. The number of nitrogens with zero attached hydrogens (tertiary/aromatic N) is 6. The normalized spacial score (nSPS) is 11.6. The molecule has 0 aliphatic heterocycles. The van der Waals surface area contributed by atoms with Crippen molar-refractivity contribution in [1.29, 1.82) is 0 Å². The van der Waals surface area contributed by atoms with Crippen LogP contribution in [0, 0.1) is 5.82 Å². The van der Waals surface area contributed by atoms with Crippen LogP contribution >= 0.6 is 0 Å². The fourth-order valence-electron chi connectivity index (χ4n) is 2.77. The van der Waals surface area contributed by atoms with Gasteiger partial charge >= 0.3 is 0 Å². The molecule has 1 aromatic carbocycles. The highest BCUT2D eigenvalue weighted by atomic mass is 19.3. The fraction of sp³-hybridized carbons (Fsp3) is 0.167. The van der Waals surface area contributed by atoms with Crippen LogP contribution in [0.4, 0.5) is 27.9 Å². The van der Waals surface area contributed by atoms with E-state index in [2.05, 4.69) is 25.5 Å². The number of nitrogens with one attached hydrogen (secondary N) is 1. The van der Waals surface area contributed by atoms with Gasteiger partial charge in [0.2, 0.25) is 5.95 Å². The van der Waals surface area contributed by atoms with Crippen LogP contribution in [0.3, 0.4) is 0 Å². The Hall–Kier alpha value is -3.90. The van der Waals surface area contributed by atoms with Crippen molar-refractivity contribution in [3.8, 4) is 0 Å². The fourth-order valence-corrected chi connectivity index (χ4v) is 2.77. The minimum atomic E-state index is -3.11. The second kappa shape index (κ2) is 8.08. The first kappa shape index (κ1) is 20.4. The van der Waals surface area contributed by atoms with E-state index in [0.717, 1.165) is 11.6 Å². The third-order valence-corrected chi connectivity index (χ3v) is 4.17. The first-order chi connectivity index (χ1) is 14.8. The molecule has 0 spiro atoms. The Kier molecular flexibility index (Phi) is 5.31. The standard InChI is InChI=1S/C18H12F5N7O/c19-10-3-1-9(2-4-10)7-29-8-24-18(28-29)26-17(31)12-6-14-25-11(15(20)21)5-13(16(22)23)30(14)27-12/h1-6,8,15-16H,7H2,(H,26,28,31). The van der Waals surface area contributed by atoms with E-state index >= 15 is 0 Å². The summed E-state index contributed by atoms with van der Waals surface area (Å²) in [4.78, 5) is 19.9. The van der Waals surface area contributed by atoms with E-state index < -0.39 is 30.1 Å². The third-order valence-electron chi connectivity index (χ3n) is 4.17. The van der Waals surface area contributed by atoms with Crippen molar-refractivity contribution >= 4 is 17.5 Å². The monoisotopic (exact) mass is 437 g/mol. The summed E-state index contributed by atoms with van der Waals surface area (Å²) in [7, 11) is 0. The first-order valence-corrected chi connectivity index (χ1v) is 8.72. The molecule has 0 fully saturated rings. The lowest BCUT2D eigenvalue weighted by molar-refractivity contribution is 0.101. The van der Waals surface area contributed by atoms with Gasteiger partial charge in [-0.3, -0.25) is 10.1 Å². The maximum absolute atomic E-state index is 13.2. The Balaban J connectivity index is 1.54. The lowest BCUT2D eigenvalue weighted by atomic mass is 10.2. The molecule has 8 nitrogen and oxygen atoms in total. The molecule has 0 saturated heterocycles. The Bertz CT molecular complexity index is 1240. The number of hydrogen-bond acceptors (Lipinski definition) is 5. The molecule has 1 amide bonds. The van der Waals surface area contributed by atoms with E-state index in [-0.39, 0.29) is 29.7 Å². The van der Waals surface area contributed by atoms with Crippen LogP contribution in [0.5, 0.6) is 0 Å². The number of alkyl halides is 4. The van der Waals surface area contributed by atoms with E-state index in [9.17, 15) is 26.7 Å². The zero-order valence-corrected chi connectivity index (χ0v) is 15.4. The van der Waals surface area contributed by atoms with E-state index in [1.165, 1.54) is 23.1 Å². The molecule has 4 aromatic rings. The second-order valence-electron chi connectivity index (χ2n) is 6.35. The average Bonchev–Trinajstić information content (AvgIpc) is 3.35. The largest absolute Gasteiger partial charge is 0.288 e. The van der Waals surface area contributed by atoms with E-state index in [0.29, 0.717) is 10.6 Å². The molecular weight excluding hydrogens is 425 g/mol. The number of halogens is 5.